The van der Waals surface area contributed by atoms with Crippen LogP contribution in [0, 0.1) is 0 Å². The van der Waals surface area contributed by atoms with Gasteiger partial charge < -0.3 is 15.0 Å². The Labute approximate surface area is 239 Å². The van der Waals surface area contributed by atoms with Crippen LogP contribution >= 0.6 is 0 Å². The third-order valence-electron chi connectivity index (χ3n) is 7.04. The number of ether oxygens (including phenoxy) is 1. The second-order valence-corrected chi connectivity index (χ2v) is 13.4. The molecule has 216 valence electrons. The maximum absolute atomic E-state index is 13.8. The van der Waals surface area contributed by atoms with Crippen molar-refractivity contribution in [1.29, 1.82) is 0 Å². The van der Waals surface area contributed by atoms with Crippen LogP contribution in [-0.2, 0) is 29.6 Å². The molecule has 0 bridgehead atoms. The summed E-state index contributed by atoms with van der Waals surface area (Å²) < 4.78 is 61.7. The summed E-state index contributed by atoms with van der Waals surface area (Å²) in [6.07, 6.45) is 0. The largest absolute Gasteiger partial charge is 0.378 e. The minimum Gasteiger partial charge on any atom is -0.378 e. The number of carbonyl (C=O) groups is 2. The molecule has 1 N–H and O–H groups in total. The number of nitrogens with one attached hydrogen (secondary N) is 1. The van der Waals surface area contributed by atoms with Gasteiger partial charge in [0.15, 0.2) is 0 Å². The van der Waals surface area contributed by atoms with E-state index >= 15 is 0 Å². The van der Waals surface area contributed by atoms with Crippen LogP contribution in [0.1, 0.15) is 10.4 Å². The molecule has 0 saturated carbocycles. The van der Waals surface area contributed by atoms with E-state index in [0.717, 1.165) is 8.61 Å². The highest BCUT2D eigenvalue weighted by Gasteiger charge is 2.43. The molecule has 41 heavy (non-hydrogen) atoms. The number of para-hydroxylation sites is 1. The quantitative estimate of drug-likeness (QED) is 0.439. The number of benzene rings is 3. The monoisotopic (exact) mass is 598 g/mol. The first-order valence-electron chi connectivity index (χ1n) is 13.1. The normalized spacial score (nSPS) is 19.0. The van der Waals surface area contributed by atoms with Crippen molar-refractivity contribution >= 4 is 37.5 Å². The molecule has 2 saturated heterocycles. The standard InChI is InChI=1S/C28H30N4O7S2/c33-27(29-25-14-8-7-13-24(25)28(34)30-17-19-39-20-18-30)26-21-31(40(35,36)22-9-3-1-4-10-22)15-16-32(26)41(37,38)23-11-5-2-6-12-23/h1-14,26H,15-21H2,(H,29,33). The Hall–Kier alpha value is -3.62. The van der Waals surface area contributed by atoms with Gasteiger partial charge in [-0.1, -0.05) is 48.5 Å². The summed E-state index contributed by atoms with van der Waals surface area (Å²) >= 11 is 0. The zero-order valence-corrected chi connectivity index (χ0v) is 23.8. The highest BCUT2D eigenvalue weighted by Crippen LogP contribution is 2.27. The molecule has 3 aromatic rings. The van der Waals surface area contributed by atoms with E-state index in [0.29, 0.717) is 26.3 Å². The molecule has 5 rings (SSSR count). The van der Waals surface area contributed by atoms with E-state index < -0.39 is 38.5 Å². The molecule has 2 amide bonds. The van der Waals surface area contributed by atoms with Crippen molar-refractivity contribution in [3.05, 3.63) is 90.5 Å². The lowest BCUT2D eigenvalue weighted by Gasteiger charge is -2.39. The van der Waals surface area contributed by atoms with Gasteiger partial charge in [0.05, 0.1) is 34.3 Å². The molecule has 11 nitrogen and oxygen atoms in total. The Morgan fingerprint density at radius 2 is 1.27 bits per heavy atom. The van der Waals surface area contributed by atoms with E-state index in [4.69, 9.17) is 4.74 Å². The Bertz CT molecular complexity index is 1610. The minimum atomic E-state index is -4.16. The molecular formula is C28H30N4O7S2. The minimum absolute atomic E-state index is 0.0138. The number of anilines is 1. The Morgan fingerprint density at radius 3 is 1.90 bits per heavy atom. The van der Waals surface area contributed by atoms with E-state index in [-0.39, 0.29) is 40.0 Å². The third kappa shape index (κ3) is 6.04. The summed E-state index contributed by atoms with van der Waals surface area (Å²) in [5.41, 5.74) is 0.443. The van der Waals surface area contributed by atoms with Crippen molar-refractivity contribution < 1.29 is 31.2 Å². The van der Waals surface area contributed by atoms with Gasteiger partial charge in [0.2, 0.25) is 26.0 Å². The van der Waals surface area contributed by atoms with Crippen LogP contribution in [0.4, 0.5) is 5.69 Å². The van der Waals surface area contributed by atoms with Gasteiger partial charge in [-0.15, -0.1) is 0 Å². The molecule has 13 heteroatoms. The number of piperazine rings is 1. The van der Waals surface area contributed by atoms with Crippen molar-refractivity contribution in [2.45, 2.75) is 15.8 Å². The molecule has 1 atom stereocenters. The van der Waals surface area contributed by atoms with Gasteiger partial charge in [0, 0.05) is 32.7 Å². The number of rotatable bonds is 7. The number of carbonyl (C=O) groups excluding carboxylic acids is 2. The first-order chi connectivity index (χ1) is 19.7. The highest BCUT2D eigenvalue weighted by molar-refractivity contribution is 7.89. The molecule has 2 fully saturated rings. The summed E-state index contributed by atoms with van der Waals surface area (Å²) in [7, 11) is -8.18. The van der Waals surface area contributed by atoms with Crippen molar-refractivity contribution in [3.63, 3.8) is 0 Å². The first-order valence-corrected chi connectivity index (χ1v) is 16.0. The Balaban J connectivity index is 1.47. The van der Waals surface area contributed by atoms with E-state index in [1.165, 1.54) is 24.3 Å². The molecule has 0 radical (unpaired) electrons. The van der Waals surface area contributed by atoms with Gasteiger partial charge >= 0.3 is 0 Å². The van der Waals surface area contributed by atoms with Gasteiger partial charge in [-0.25, -0.2) is 16.8 Å². The molecule has 0 aliphatic carbocycles. The lowest BCUT2D eigenvalue weighted by atomic mass is 10.1. The van der Waals surface area contributed by atoms with Crippen molar-refractivity contribution in [3.8, 4) is 0 Å². The van der Waals surface area contributed by atoms with E-state index in [1.54, 1.807) is 65.6 Å². The molecule has 2 aliphatic rings. The second kappa shape index (κ2) is 12.1. The molecule has 2 heterocycles. The number of amides is 2. The molecule has 1 unspecified atom stereocenters. The molecular weight excluding hydrogens is 568 g/mol. The maximum Gasteiger partial charge on any atom is 0.256 e. The van der Waals surface area contributed by atoms with Gasteiger partial charge in [-0.2, -0.15) is 8.61 Å². The van der Waals surface area contributed by atoms with Crippen molar-refractivity contribution in [1.82, 2.24) is 13.5 Å². The highest BCUT2D eigenvalue weighted by atomic mass is 32.2. The van der Waals surface area contributed by atoms with Gasteiger partial charge in [-0.05, 0) is 36.4 Å². The number of hydrogen-bond acceptors (Lipinski definition) is 7. The SMILES string of the molecule is O=C(Nc1ccccc1C(=O)N1CCOCC1)C1CN(S(=O)(=O)c2ccccc2)CCN1S(=O)(=O)c1ccccc1. The summed E-state index contributed by atoms with van der Waals surface area (Å²) in [5.74, 6) is -1.05. The fourth-order valence-corrected chi connectivity index (χ4v) is 7.91. The van der Waals surface area contributed by atoms with E-state index in [2.05, 4.69) is 5.32 Å². The first kappa shape index (κ1) is 28.9. The van der Waals surface area contributed by atoms with Gasteiger partial charge in [0.1, 0.15) is 6.04 Å². The van der Waals surface area contributed by atoms with Crippen LogP contribution in [0.3, 0.4) is 0 Å². The summed E-state index contributed by atoms with van der Waals surface area (Å²) in [6.45, 7) is 0.822. The van der Waals surface area contributed by atoms with Gasteiger partial charge in [-0.3, -0.25) is 9.59 Å². The smallest absolute Gasteiger partial charge is 0.256 e. The molecule has 3 aromatic carbocycles. The van der Waals surface area contributed by atoms with Gasteiger partial charge in [0.25, 0.3) is 5.91 Å². The Morgan fingerprint density at radius 1 is 0.707 bits per heavy atom. The number of sulfonamides is 2. The third-order valence-corrected chi connectivity index (χ3v) is 10.8. The lowest BCUT2D eigenvalue weighted by molar-refractivity contribution is -0.120. The van der Waals surface area contributed by atoms with Crippen molar-refractivity contribution in [2.75, 3.05) is 51.3 Å². The van der Waals surface area contributed by atoms with Crippen molar-refractivity contribution in [2.24, 2.45) is 0 Å². The average molecular weight is 599 g/mol. The van der Waals surface area contributed by atoms with E-state index in [9.17, 15) is 26.4 Å². The van der Waals surface area contributed by atoms with Crippen LogP contribution in [0.2, 0.25) is 0 Å². The second-order valence-electron chi connectivity index (χ2n) is 9.56. The molecule has 0 spiro atoms. The van der Waals surface area contributed by atoms with Crippen LogP contribution in [0.25, 0.3) is 0 Å². The fraction of sp³-hybridized carbons (Fsp3) is 0.286. The predicted molar refractivity (Wildman–Crippen MR) is 151 cm³/mol. The molecule has 0 aromatic heterocycles. The summed E-state index contributed by atoms with van der Waals surface area (Å²) in [6, 6.07) is 20.5. The topological polar surface area (TPSA) is 133 Å². The van der Waals surface area contributed by atoms with Crippen LogP contribution in [-0.4, -0.2) is 94.1 Å². The van der Waals surface area contributed by atoms with Crippen LogP contribution in [0.5, 0.6) is 0 Å². The van der Waals surface area contributed by atoms with E-state index in [1.807, 2.05) is 0 Å². The molecule has 2 aliphatic heterocycles. The Kier molecular flexibility index (Phi) is 8.52. The number of nitrogens with zero attached hydrogens (tertiary/aromatic N) is 3. The summed E-state index contributed by atoms with van der Waals surface area (Å²) in [5, 5.41) is 2.72. The lowest BCUT2D eigenvalue weighted by Crippen LogP contribution is -2.60. The zero-order valence-electron chi connectivity index (χ0n) is 22.1. The fourth-order valence-electron chi connectivity index (χ4n) is 4.86. The number of morpholine rings is 1. The number of hydrogen-bond donors (Lipinski definition) is 1. The van der Waals surface area contributed by atoms with Crippen LogP contribution < -0.4 is 5.32 Å². The summed E-state index contributed by atoms with van der Waals surface area (Å²) in [4.78, 5) is 28.7. The zero-order chi connectivity index (χ0) is 29.0. The average Bonchev–Trinajstić information content (AvgIpc) is 3.02. The predicted octanol–water partition coefficient (Wildman–Crippen LogP) is 1.86. The maximum atomic E-state index is 13.8. The van der Waals surface area contributed by atoms with Crippen LogP contribution in [0.15, 0.2) is 94.7 Å².